The van der Waals surface area contributed by atoms with Gasteiger partial charge in [-0.05, 0) is 99.5 Å². The molecule has 0 heterocycles. The third-order valence-corrected chi connectivity index (χ3v) is 10.1. The van der Waals surface area contributed by atoms with Crippen molar-refractivity contribution in [3.63, 3.8) is 0 Å². The molecule has 8 rings (SSSR count). The number of hydrogen-bond donors (Lipinski definition) is 0. The van der Waals surface area contributed by atoms with Gasteiger partial charge in [-0.25, -0.2) is 0 Å². The van der Waals surface area contributed by atoms with E-state index in [1.165, 1.54) is 60.5 Å². The van der Waals surface area contributed by atoms with Crippen molar-refractivity contribution in [1.82, 2.24) is 0 Å². The topological polar surface area (TPSA) is 6.48 Å². The summed E-state index contributed by atoms with van der Waals surface area (Å²) in [5, 5.41) is 7.72. The average molecular weight is 623 g/mol. The molecule has 236 valence electrons. The highest BCUT2D eigenvalue weighted by Crippen LogP contribution is 2.46. The van der Waals surface area contributed by atoms with Gasteiger partial charge in [-0.15, -0.1) is 0 Å². The van der Waals surface area contributed by atoms with Gasteiger partial charge in [-0.3, -0.25) is 0 Å². The van der Waals surface area contributed by atoms with Crippen LogP contribution in [0.5, 0.6) is 0 Å². The smallest absolute Gasteiger partial charge is 0.0560 e. The van der Waals surface area contributed by atoms with E-state index in [2.05, 4.69) is 189 Å². The first-order valence-electron chi connectivity index (χ1n) is 17.4. The van der Waals surface area contributed by atoms with Crippen molar-refractivity contribution in [3.05, 3.63) is 163 Å². The van der Waals surface area contributed by atoms with Crippen LogP contribution in [0, 0.1) is 0 Å². The second kappa shape index (κ2) is 12.4. The molecule has 7 aromatic carbocycles. The summed E-state index contributed by atoms with van der Waals surface area (Å²) in [5.74, 6) is 0.984. The molecule has 0 aliphatic heterocycles. The van der Waals surface area contributed by atoms with Crippen LogP contribution in [0.15, 0.2) is 152 Å². The first-order chi connectivity index (χ1) is 23.5. The van der Waals surface area contributed by atoms with Gasteiger partial charge in [0.15, 0.2) is 0 Å². The quantitative estimate of drug-likeness (QED) is 0.156. The van der Waals surface area contributed by atoms with E-state index in [9.17, 15) is 0 Å². The van der Waals surface area contributed by atoms with E-state index in [1.54, 1.807) is 0 Å². The van der Waals surface area contributed by atoms with Gasteiger partial charge in [0.1, 0.15) is 0 Å². The number of allylic oxidation sites excluding steroid dienone is 2. The molecule has 0 saturated carbocycles. The van der Waals surface area contributed by atoms with Gasteiger partial charge in [-0.1, -0.05) is 131 Å². The van der Waals surface area contributed by atoms with E-state index in [-0.39, 0.29) is 6.04 Å². The fourth-order valence-corrected chi connectivity index (χ4v) is 7.48. The van der Waals surface area contributed by atoms with Crippen LogP contribution in [0.4, 0.5) is 28.4 Å². The molecule has 48 heavy (non-hydrogen) atoms. The molecule has 2 nitrogen and oxygen atoms in total. The summed E-state index contributed by atoms with van der Waals surface area (Å²) in [6.07, 6.45) is 9.95. The van der Waals surface area contributed by atoms with Gasteiger partial charge in [0, 0.05) is 33.5 Å². The van der Waals surface area contributed by atoms with Gasteiger partial charge < -0.3 is 9.80 Å². The summed E-state index contributed by atoms with van der Waals surface area (Å²) in [4.78, 5) is 4.96. The zero-order valence-corrected chi connectivity index (χ0v) is 28.3. The maximum absolute atomic E-state index is 2.55. The summed E-state index contributed by atoms with van der Waals surface area (Å²) >= 11 is 0. The van der Waals surface area contributed by atoms with Crippen molar-refractivity contribution in [1.29, 1.82) is 0 Å². The van der Waals surface area contributed by atoms with Crippen LogP contribution in [0.25, 0.3) is 32.3 Å². The molecule has 1 unspecified atom stereocenters. The molecule has 0 radical (unpaired) electrons. The Morgan fingerprint density at radius 3 is 1.58 bits per heavy atom. The van der Waals surface area contributed by atoms with Crippen molar-refractivity contribution in [3.8, 4) is 0 Å². The van der Waals surface area contributed by atoms with Crippen molar-refractivity contribution in [2.45, 2.75) is 52.0 Å². The molecule has 0 N–H and O–H groups in total. The molecule has 0 spiro atoms. The van der Waals surface area contributed by atoms with Crippen molar-refractivity contribution in [2.75, 3.05) is 9.80 Å². The monoisotopic (exact) mass is 622 g/mol. The second-order valence-electron chi connectivity index (χ2n) is 13.7. The number of anilines is 5. The Kier molecular flexibility index (Phi) is 7.73. The Morgan fingerprint density at radius 1 is 0.500 bits per heavy atom. The maximum Gasteiger partial charge on any atom is 0.0560 e. The van der Waals surface area contributed by atoms with E-state index in [0.717, 1.165) is 17.8 Å². The Balaban J connectivity index is 1.35. The molecule has 0 bridgehead atoms. The fraction of sp³-hybridized carbons (Fsp3) is 0.174. The molecule has 0 saturated heterocycles. The molecule has 2 heteroatoms. The highest BCUT2D eigenvalue weighted by atomic mass is 15.2. The summed E-state index contributed by atoms with van der Waals surface area (Å²) < 4.78 is 0. The molecule has 1 atom stereocenters. The number of hydrogen-bond acceptors (Lipinski definition) is 2. The van der Waals surface area contributed by atoms with E-state index in [4.69, 9.17) is 0 Å². The molecule has 0 aromatic heterocycles. The molecular weight excluding hydrogens is 581 g/mol. The Hall–Kier alpha value is -5.34. The van der Waals surface area contributed by atoms with Crippen LogP contribution in [-0.2, 0) is 0 Å². The lowest BCUT2D eigenvalue weighted by Crippen LogP contribution is -2.30. The van der Waals surface area contributed by atoms with Crippen LogP contribution in [0.3, 0.4) is 0 Å². The maximum atomic E-state index is 2.55. The highest BCUT2D eigenvalue weighted by Gasteiger charge is 2.24. The van der Waals surface area contributed by atoms with E-state index < -0.39 is 0 Å². The summed E-state index contributed by atoms with van der Waals surface area (Å²) in [7, 11) is 0. The van der Waals surface area contributed by atoms with Gasteiger partial charge in [0.05, 0.1) is 11.7 Å². The number of nitrogens with zero attached hydrogens (tertiary/aromatic N) is 2. The molecule has 0 amide bonds. The second-order valence-corrected chi connectivity index (χ2v) is 13.7. The Labute approximate surface area is 284 Å². The zero-order valence-electron chi connectivity index (χ0n) is 28.3. The van der Waals surface area contributed by atoms with Crippen LogP contribution >= 0.6 is 0 Å². The first kappa shape index (κ1) is 30.0. The Morgan fingerprint density at radius 2 is 1.02 bits per heavy atom. The highest BCUT2D eigenvalue weighted by molar-refractivity contribution is 6.28. The van der Waals surface area contributed by atoms with Crippen molar-refractivity contribution >= 4 is 60.8 Å². The van der Waals surface area contributed by atoms with E-state index >= 15 is 0 Å². The summed E-state index contributed by atoms with van der Waals surface area (Å²) in [6.45, 7) is 9.02. The third-order valence-electron chi connectivity index (χ3n) is 10.1. The summed E-state index contributed by atoms with van der Waals surface area (Å²) in [5.41, 5.74) is 8.68. The number of rotatable bonds is 8. The minimum absolute atomic E-state index is 0.233. The van der Waals surface area contributed by atoms with Crippen LogP contribution < -0.4 is 9.80 Å². The summed E-state index contributed by atoms with van der Waals surface area (Å²) in [6, 6.07) is 47.8. The lowest BCUT2D eigenvalue weighted by atomic mass is 9.91. The van der Waals surface area contributed by atoms with Crippen molar-refractivity contribution < 1.29 is 0 Å². The first-order valence-corrected chi connectivity index (χ1v) is 17.4. The van der Waals surface area contributed by atoms with E-state index in [1.807, 2.05) is 0 Å². The zero-order chi connectivity index (χ0) is 32.8. The third kappa shape index (κ3) is 5.22. The SMILES string of the molecule is CC(C)c1ccc(N(c2ccccc2)c2ccc3ccc4c(N(c5ccc(C(C)C)cc5)C5C=CC=CC5)ccc5ccc2c3c54)cc1. The van der Waals surface area contributed by atoms with Crippen LogP contribution in [0.1, 0.15) is 57.1 Å². The van der Waals surface area contributed by atoms with Crippen molar-refractivity contribution in [2.24, 2.45) is 0 Å². The van der Waals surface area contributed by atoms with Gasteiger partial charge in [0.25, 0.3) is 0 Å². The fourth-order valence-electron chi connectivity index (χ4n) is 7.48. The predicted octanol–water partition coefficient (Wildman–Crippen LogP) is 13.3. The van der Waals surface area contributed by atoms with Gasteiger partial charge in [0.2, 0.25) is 0 Å². The lowest BCUT2D eigenvalue weighted by molar-refractivity contribution is 0.786. The molecule has 0 fully saturated rings. The molecule has 1 aliphatic carbocycles. The standard InChI is InChI=1S/C46H42N2/c1-31(2)33-15-23-39(24-16-33)47(37-11-7-5-8-12-37)43-29-21-35-20-28-42-44(30-22-36-19-27-41(43)45(35)46(36)42)48(38-13-9-6-10-14-38)40-25-17-34(18-26-40)32(3)4/h5-13,15-32,38H,14H2,1-4H3. The average Bonchev–Trinajstić information content (AvgIpc) is 3.13. The van der Waals surface area contributed by atoms with Crippen LogP contribution in [-0.4, -0.2) is 6.04 Å². The lowest BCUT2D eigenvalue weighted by Gasteiger charge is -2.34. The minimum Gasteiger partial charge on any atom is -0.334 e. The number of benzene rings is 7. The molecule has 7 aromatic rings. The van der Waals surface area contributed by atoms with Gasteiger partial charge in [-0.2, -0.15) is 0 Å². The predicted molar refractivity (Wildman–Crippen MR) is 208 cm³/mol. The largest absolute Gasteiger partial charge is 0.334 e. The molecular formula is C46H42N2. The molecule has 1 aliphatic rings. The normalized spacial score (nSPS) is 14.6. The van der Waals surface area contributed by atoms with Crippen LogP contribution in [0.2, 0.25) is 0 Å². The van der Waals surface area contributed by atoms with Gasteiger partial charge >= 0.3 is 0 Å². The minimum atomic E-state index is 0.233. The van der Waals surface area contributed by atoms with E-state index in [0.29, 0.717) is 11.8 Å². The Bertz CT molecular complexity index is 2260. The number of para-hydroxylation sites is 1.